The predicted molar refractivity (Wildman–Crippen MR) is 257 cm³/mol. The first-order valence-electron chi connectivity index (χ1n) is 25.8. The normalized spacial score (nSPS) is 11.4. The molecule has 8 heteroatoms. The molecule has 0 atom stereocenters. The average molecular weight is 847 g/mol. The Morgan fingerprint density at radius 3 is 1.23 bits per heavy atom. The molecule has 1 rings (SSSR count). The molecule has 0 bridgehead atoms. The van der Waals surface area contributed by atoms with Crippen molar-refractivity contribution in [2.24, 2.45) is 11.8 Å². The third kappa shape index (κ3) is 31.6. The monoisotopic (exact) mass is 847 g/mol. The highest BCUT2D eigenvalue weighted by Gasteiger charge is 2.16. The van der Waals surface area contributed by atoms with Crippen LogP contribution in [0.25, 0.3) is 0 Å². The van der Waals surface area contributed by atoms with Crippen molar-refractivity contribution in [1.29, 1.82) is 0 Å². The summed E-state index contributed by atoms with van der Waals surface area (Å²) in [6.45, 7) is 19.6. The third-order valence-electron chi connectivity index (χ3n) is 12.3. The summed E-state index contributed by atoms with van der Waals surface area (Å²) in [5.74, 6) is 1.32. The van der Waals surface area contributed by atoms with Crippen LogP contribution in [0.15, 0.2) is 9.59 Å². The summed E-state index contributed by atoms with van der Waals surface area (Å²) in [6.07, 6.45) is 35.2. The van der Waals surface area contributed by atoms with E-state index in [0.717, 1.165) is 103 Å². The smallest absolute Gasteiger partial charge is 0.305 e. The summed E-state index contributed by atoms with van der Waals surface area (Å²) >= 11 is 0. The van der Waals surface area contributed by atoms with Gasteiger partial charge < -0.3 is 19.7 Å². The lowest BCUT2D eigenvalue weighted by Crippen LogP contribution is -2.37. The van der Waals surface area contributed by atoms with Crippen LogP contribution in [0.5, 0.6) is 0 Å². The molecule has 0 aliphatic rings. The first kappa shape index (κ1) is 57.8. The maximum atomic E-state index is 12.4. The van der Waals surface area contributed by atoms with Gasteiger partial charge in [0.25, 0.3) is 0 Å². The van der Waals surface area contributed by atoms with Gasteiger partial charge in [-0.05, 0) is 83.3 Å². The number of carbonyl (C=O) groups excluding carboxylic acids is 2. The van der Waals surface area contributed by atoms with E-state index in [0.29, 0.717) is 55.7 Å². The van der Waals surface area contributed by atoms with Gasteiger partial charge in [-0.2, -0.15) is 0 Å². The Hall–Kier alpha value is -2.22. The topological polar surface area (TPSA) is 102 Å². The molecule has 0 aliphatic heterocycles. The number of nitrogens with one attached hydrogen (secondary N) is 1. The fourth-order valence-electron chi connectivity index (χ4n) is 8.26. The summed E-state index contributed by atoms with van der Waals surface area (Å²) in [7, 11) is 0. The second kappa shape index (κ2) is 42.1. The average Bonchev–Trinajstić information content (AvgIpc) is 3.25. The fraction of sp³-hybridized carbons (Fsp3) is 0.885. The van der Waals surface area contributed by atoms with Crippen molar-refractivity contribution in [3.05, 3.63) is 26.0 Å². The number of esters is 2. The van der Waals surface area contributed by atoms with E-state index in [1.807, 2.05) is 13.8 Å². The standard InChI is InChI=1S/C50H92N2O6.C2H6/c1-6-10-20-29-44(30-21-11-7-2)35-41-57-46(53)33-24-16-14-18-26-38-52(40-28-37-51-48-43(5)49(55)50(48)56)39-27-19-15-17-25-34-47(54)58-42-36-45(31-22-12-8-3)32-23-13-9-4;1-2/h44-45,51H,6-42H2,1-5H3;1-2H3. The molecule has 0 fully saturated rings. The largest absolute Gasteiger partial charge is 0.466 e. The van der Waals surface area contributed by atoms with Crippen molar-refractivity contribution < 1.29 is 19.1 Å². The molecule has 0 spiro atoms. The Kier molecular flexibility index (Phi) is 40.5. The van der Waals surface area contributed by atoms with Crippen LogP contribution < -0.4 is 16.2 Å². The van der Waals surface area contributed by atoms with E-state index in [-0.39, 0.29) is 22.8 Å². The first-order valence-corrected chi connectivity index (χ1v) is 25.8. The lowest BCUT2D eigenvalue weighted by Gasteiger charge is -2.23. The maximum absolute atomic E-state index is 12.4. The van der Waals surface area contributed by atoms with Crippen LogP contribution in [0.4, 0.5) is 5.69 Å². The van der Waals surface area contributed by atoms with Crippen LogP contribution in [0.2, 0.25) is 0 Å². The molecule has 352 valence electrons. The molecule has 1 N–H and O–H groups in total. The SMILES string of the molecule is CC.CCCCCC(CCCCC)CCOC(=O)CCCCCCCN(CCCCCCCC(=O)OCCC(CCCCC)CCCCC)CCCNc1c(C)c(=O)c1=O. The number of nitrogens with zero attached hydrogens (tertiary/aromatic N) is 1. The Labute approximate surface area is 370 Å². The molecule has 1 aromatic carbocycles. The van der Waals surface area contributed by atoms with Crippen LogP contribution in [0.1, 0.15) is 246 Å². The minimum Gasteiger partial charge on any atom is -0.466 e. The molecule has 0 saturated heterocycles. The van der Waals surface area contributed by atoms with Gasteiger partial charge in [-0.3, -0.25) is 19.2 Å². The first-order chi connectivity index (χ1) is 29.3. The zero-order chi connectivity index (χ0) is 44.5. The van der Waals surface area contributed by atoms with Crippen molar-refractivity contribution in [1.82, 2.24) is 4.90 Å². The van der Waals surface area contributed by atoms with Crippen molar-refractivity contribution in [3.63, 3.8) is 0 Å². The number of rotatable bonds is 43. The molecule has 0 heterocycles. The second-order valence-corrected chi connectivity index (χ2v) is 17.5. The van der Waals surface area contributed by atoms with E-state index < -0.39 is 0 Å². The third-order valence-corrected chi connectivity index (χ3v) is 12.3. The minimum atomic E-state index is -0.385. The van der Waals surface area contributed by atoms with Crippen LogP contribution in [-0.4, -0.2) is 56.2 Å². The Morgan fingerprint density at radius 2 is 0.850 bits per heavy atom. The molecule has 0 saturated carbocycles. The summed E-state index contributed by atoms with van der Waals surface area (Å²) in [5.41, 5.74) is 0.297. The lowest BCUT2D eigenvalue weighted by molar-refractivity contribution is -0.145. The van der Waals surface area contributed by atoms with Gasteiger partial charge in [0.15, 0.2) is 0 Å². The number of carbonyl (C=O) groups is 2. The van der Waals surface area contributed by atoms with Gasteiger partial charge in [0.2, 0.25) is 10.9 Å². The lowest BCUT2D eigenvalue weighted by atomic mass is 9.92. The molecular formula is C52H98N2O6. The van der Waals surface area contributed by atoms with E-state index >= 15 is 0 Å². The summed E-state index contributed by atoms with van der Waals surface area (Å²) in [6, 6.07) is 0. The predicted octanol–water partition coefficient (Wildman–Crippen LogP) is 13.8. The molecule has 0 aromatic heterocycles. The molecular weight excluding hydrogens is 749 g/mol. The number of hydrogen-bond donors (Lipinski definition) is 1. The molecule has 8 nitrogen and oxygen atoms in total. The highest BCUT2D eigenvalue weighted by Crippen LogP contribution is 2.23. The minimum absolute atomic E-state index is 0.0332. The number of anilines is 1. The van der Waals surface area contributed by atoms with E-state index in [1.165, 1.54) is 103 Å². The molecule has 0 aliphatic carbocycles. The van der Waals surface area contributed by atoms with Crippen LogP contribution in [0.3, 0.4) is 0 Å². The van der Waals surface area contributed by atoms with Gasteiger partial charge in [0, 0.05) is 24.9 Å². The Balaban J connectivity index is 0.0000171. The highest BCUT2D eigenvalue weighted by molar-refractivity contribution is 5.69. The molecule has 1 aromatic rings. The molecule has 0 unspecified atom stereocenters. The van der Waals surface area contributed by atoms with Gasteiger partial charge >= 0.3 is 11.9 Å². The van der Waals surface area contributed by atoms with Crippen molar-refractivity contribution in [3.8, 4) is 0 Å². The van der Waals surface area contributed by atoms with Crippen LogP contribution in [-0.2, 0) is 19.1 Å². The summed E-state index contributed by atoms with van der Waals surface area (Å²) < 4.78 is 11.3. The van der Waals surface area contributed by atoms with E-state index in [2.05, 4.69) is 37.9 Å². The van der Waals surface area contributed by atoms with Gasteiger partial charge in [-0.15, -0.1) is 0 Å². The quantitative estimate of drug-likeness (QED) is 0.0394. The van der Waals surface area contributed by atoms with Crippen molar-refractivity contribution in [2.75, 3.05) is 44.7 Å². The number of unbranched alkanes of at least 4 members (excludes halogenated alkanes) is 16. The molecule has 60 heavy (non-hydrogen) atoms. The van der Waals surface area contributed by atoms with E-state index in [4.69, 9.17) is 9.47 Å². The maximum Gasteiger partial charge on any atom is 0.305 e. The van der Waals surface area contributed by atoms with Crippen LogP contribution in [0, 0.1) is 18.8 Å². The second-order valence-electron chi connectivity index (χ2n) is 17.5. The molecule has 0 amide bonds. The van der Waals surface area contributed by atoms with Crippen molar-refractivity contribution in [2.45, 2.75) is 248 Å². The van der Waals surface area contributed by atoms with Gasteiger partial charge in [0.1, 0.15) is 0 Å². The zero-order valence-corrected chi connectivity index (χ0v) is 40.7. The Morgan fingerprint density at radius 1 is 0.483 bits per heavy atom. The summed E-state index contributed by atoms with van der Waals surface area (Å²) in [5, 5.41) is 3.19. The fourth-order valence-corrected chi connectivity index (χ4v) is 8.26. The zero-order valence-electron chi connectivity index (χ0n) is 40.7. The van der Waals surface area contributed by atoms with Gasteiger partial charge in [0.05, 0.1) is 18.9 Å². The number of hydrogen-bond acceptors (Lipinski definition) is 8. The summed E-state index contributed by atoms with van der Waals surface area (Å²) in [4.78, 5) is 50.8. The van der Waals surface area contributed by atoms with E-state index in [9.17, 15) is 19.2 Å². The highest BCUT2D eigenvalue weighted by atomic mass is 16.5. The van der Waals surface area contributed by atoms with Gasteiger partial charge in [-0.25, -0.2) is 0 Å². The van der Waals surface area contributed by atoms with Crippen LogP contribution >= 0.6 is 0 Å². The van der Waals surface area contributed by atoms with E-state index in [1.54, 1.807) is 6.92 Å². The van der Waals surface area contributed by atoms with Crippen molar-refractivity contribution >= 4 is 17.6 Å². The Bertz CT molecular complexity index is 1120. The number of ether oxygens (including phenoxy) is 2. The van der Waals surface area contributed by atoms with Gasteiger partial charge in [-0.1, -0.05) is 183 Å². The molecule has 0 radical (unpaired) electrons.